The largest absolute Gasteiger partial charge is 0.508 e. The second kappa shape index (κ2) is 34.4. The van der Waals surface area contributed by atoms with Gasteiger partial charge in [-0.1, -0.05) is 70.9 Å². The standard InChI is InChI=1S/C61H87N17O13/c1-6-34(4)50(58(89)70-42(15-11-23-66-61(62)63)60(91)78-25-12-16-47(78)57(88)68-30-49(82)65-8-3)76-59(90)51(35(5)7-2)75-54(85)43(27-36-17-19-38(80)20-18-36)71-56(87)46(32-79)74-53(84)44(28-37-29-67-40-14-10-9-13-39(37)40)72-55(86)45(31-77-26-24-64-33-77)73-52(83)41-21-22-48(81)69-41/h9-10,13-14,17-20,24,26,29,33-35,41-47,50-51,67,79-80H,6-8,11-12,15-16,21-23,25,27-28,30-32H2,1-5H3,(H,65,82)(H,68,88)(H,69,81)(H,70,89)(H,71,87)(H,72,86)(H,73,83)(H,74,84)(H,75,85)(H,76,90)(H4,62,63,66). The van der Waals surface area contributed by atoms with E-state index < -0.39 is 132 Å². The van der Waals surface area contributed by atoms with E-state index in [2.05, 4.69) is 68.1 Å². The van der Waals surface area contributed by atoms with Crippen LogP contribution >= 0.6 is 0 Å². The van der Waals surface area contributed by atoms with Gasteiger partial charge in [0.05, 0.1) is 26.0 Å². The summed E-state index contributed by atoms with van der Waals surface area (Å²) >= 11 is 0. The highest BCUT2D eigenvalue weighted by Gasteiger charge is 2.41. The van der Waals surface area contributed by atoms with Gasteiger partial charge in [0.15, 0.2) is 5.96 Å². The average Bonchev–Trinajstić information content (AvgIpc) is 2.00. The molecule has 2 fully saturated rings. The molecule has 2 aliphatic heterocycles. The molecule has 11 unspecified atom stereocenters. The number of aliphatic hydroxyl groups excluding tert-OH is 1. The van der Waals surface area contributed by atoms with Crippen LogP contribution in [0.1, 0.15) is 97.1 Å². The second-order valence-corrected chi connectivity index (χ2v) is 22.9. The topological polar surface area (TPSA) is 450 Å². The number of amides is 11. The van der Waals surface area contributed by atoms with E-state index in [1.807, 2.05) is 6.07 Å². The molecule has 4 aromatic rings. The van der Waals surface area contributed by atoms with Crippen LogP contribution in [0.25, 0.3) is 10.9 Å². The van der Waals surface area contributed by atoms with Gasteiger partial charge in [0.1, 0.15) is 60.1 Å². The molecule has 2 aromatic heterocycles. The minimum Gasteiger partial charge on any atom is -0.508 e. The van der Waals surface area contributed by atoms with Crippen LogP contribution in [0.4, 0.5) is 0 Å². The number of likely N-dealkylation sites (N-methyl/N-ethyl adjacent to an activating group) is 1. The number of para-hydroxylation sites is 1. The lowest BCUT2D eigenvalue weighted by Crippen LogP contribution is -2.62. The molecule has 30 nitrogen and oxygen atoms in total. The number of nitrogens with one attached hydrogen (secondary N) is 11. The third-order valence-corrected chi connectivity index (χ3v) is 16.2. The molecule has 11 amide bonds. The Hall–Kier alpha value is -9.61. The number of H-pyrrole nitrogens is 1. The van der Waals surface area contributed by atoms with E-state index in [1.165, 1.54) is 46.3 Å². The van der Waals surface area contributed by atoms with Gasteiger partial charge < -0.3 is 89.3 Å². The maximum atomic E-state index is 14.8. The summed E-state index contributed by atoms with van der Waals surface area (Å²) in [5.41, 5.74) is 12.8. The fourth-order valence-corrected chi connectivity index (χ4v) is 10.7. The van der Waals surface area contributed by atoms with Crippen LogP contribution < -0.4 is 64.6 Å². The number of guanidine groups is 1. The summed E-state index contributed by atoms with van der Waals surface area (Å²) in [6.45, 7) is 7.86. The fraction of sp³-hybridized carbons (Fsp3) is 0.525. The summed E-state index contributed by atoms with van der Waals surface area (Å²) in [6, 6.07) is 1.06. The quantitative estimate of drug-likeness (QED) is 0.0132. The number of fused-ring (bicyclic) bond motifs is 1. The molecule has 0 saturated carbocycles. The van der Waals surface area contributed by atoms with Gasteiger partial charge >= 0.3 is 0 Å². The van der Waals surface area contributed by atoms with Crippen molar-refractivity contribution in [1.82, 2.24) is 72.6 Å². The van der Waals surface area contributed by atoms with Crippen molar-refractivity contribution in [3.05, 3.63) is 84.6 Å². The van der Waals surface area contributed by atoms with Gasteiger partial charge in [-0.15, -0.1) is 0 Å². The number of likely N-dealkylation sites (tertiary alicyclic amines) is 1. The first-order valence-electron chi connectivity index (χ1n) is 30.8. The summed E-state index contributed by atoms with van der Waals surface area (Å²) in [6.07, 6.45) is 7.66. The average molecular weight is 1270 g/mol. The van der Waals surface area contributed by atoms with E-state index in [4.69, 9.17) is 11.5 Å². The summed E-state index contributed by atoms with van der Waals surface area (Å²) in [5.74, 6) is -9.24. The zero-order chi connectivity index (χ0) is 66.3. The van der Waals surface area contributed by atoms with Crippen LogP contribution in [0.3, 0.4) is 0 Å². The predicted octanol–water partition coefficient (Wildman–Crippen LogP) is -2.39. The number of carbonyl (C=O) groups excluding carboxylic acids is 11. The molecule has 2 aliphatic rings. The summed E-state index contributed by atoms with van der Waals surface area (Å²) in [7, 11) is 0. The van der Waals surface area contributed by atoms with E-state index in [1.54, 1.807) is 65.2 Å². The van der Waals surface area contributed by atoms with Gasteiger partial charge in [-0.05, 0) is 80.2 Å². The Balaban J connectivity index is 1.22. The van der Waals surface area contributed by atoms with Crippen molar-refractivity contribution in [2.75, 3.05) is 32.8 Å². The number of carbonyl (C=O) groups is 11. The number of aromatic amines is 1. The van der Waals surface area contributed by atoms with E-state index >= 15 is 0 Å². The van der Waals surface area contributed by atoms with Crippen molar-refractivity contribution >= 4 is 81.8 Å². The van der Waals surface area contributed by atoms with Gasteiger partial charge in [0.25, 0.3) is 0 Å². The third kappa shape index (κ3) is 20.5. The van der Waals surface area contributed by atoms with Crippen LogP contribution in [-0.2, 0) is 72.1 Å². The molecule has 2 saturated heterocycles. The Morgan fingerprint density at radius 2 is 1.34 bits per heavy atom. The normalized spacial score (nSPS) is 17.4. The van der Waals surface area contributed by atoms with Crippen LogP contribution in [0, 0.1) is 11.8 Å². The van der Waals surface area contributed by atoms with Crippen molar-refractivity contribution in [2.45, 2.75) is 160 Å². The van der Waals surface area contributed by atoms with Crippen molar-refractivity contribution in [3.63, 3.8) is 0 Å². The number of nitrogens with zero attached hydrogens (tertiary/aromatic N) is 4. The first kappa shape index (κ1) is 70.5. The number of rotatable bonds is 34. The smallest absolute Gasteiger partial charge is 0.245 e. The summed E-state index contributed by atoms with van der Waals surface area (Å²) < 4.78 is 1.53. The molecule has 0 bridgehead atoms. The number of hydrogen-bond donors (Lipinski definition) is 15. The van der Waals surface area contributed by atoms with Gasteiger partial charge in [-0.3, -0.25) is 57.7 Å². The number of phenolic OH excluding ortho intramolecular Hbond substituents is 1. The lowest BCUT2D eigenvalue weighted by molar-refractivity contribution is -0.142. The summed E-state index contributed by atoms with van der Waals surface area (Å²) in [4.78, 5) is 165. The maximum Gasteiger partial charge on any atom is 0.245 e. The number of hydrogen-bond acceptors (Lipinski definition) is 15. The Morgan fingerprint density at radius 3 is 1.97 bits per heavy atom. The van der Waals surface area contributed by atoms with Gasteiger partial charge in [-0.25, -0.2) is 4.98 Å². The zero-order valence-corrected chi connectivity index (χ0v) is 51.9. The molecule has 11 atom stereocenters. The molecule has 17 N–H and O–H groups in total. The highest BCUT2D eigenvalue weighted by atomic mass is 16.3. The first-order valence-corrected chi connectivity index (χ1v) is 30.8. The Morgan fingerprint density at radius 1 is 0.725 bits per heavy atom. The Kier molecular flexibility index (Phi) is 26.6. The van der Waals surface area contributed by atoms with Gasteiger partial charge in [0, 0.05) is 68.4 Å². The van der Waals surface area contributed by atoms with Crippen LogP contribution in [-0.4, -0.2) is 188 Å². The third-order valence-electron chi connectivity index (χ3n) is 16.2. The molecule has 30 heteroatoms. The van der Waals surface area contributed by atoms with Gasteiger partial charge in [0.2, 0.25) is 65.0 Å². The molecule has 2 aromatic carbocycles. The van der Waals surface area contributed by atoms with Crippen LogP contribution in [0.2, 0.25) is 0 Å². The highest BCUT2D eigenvalue weighted by Crippen LogP contribution is 2.23. The molecule has 0 aliphatic carbocycles. The van der Waals surface area contributed by atoms with Crippen molar-refractivity contribution in [1.29, 1.82) is 0 Å². The van der Waals surface area contributed by atoms with E-state index in [0.717, 1.165) is 0 Å². The SMILES string of the molecule is CCNC(=O)CNC(=O)C1CCCN1C(=O)C(CCCN=C(N)N)NC(=O)C(NC(=O)C(NC(=O)C(Cc1ccc(O)cc1)NC(=O)C(CO)NC(=O)C(Cc1c[nH]c2ccccc12)NC(=O)C(Cn1ccnc1)NC(=O)C1CCC(=O)N1)C(C)CC)C(C)CC. The number of benzene rings is 2. The van der Waals surface area contributed by atoms with Crippen LogP contribution in [0.15, 0.2) is 78.4 Å². The number of nitrogens with two attached hydrogens (primary N) is 2. The number of aromatic nitrogens is 3. The maximum absolute atomic E-state index is 14.8. The van der Waals surface area contributed by atoms with Crippen molar-refractivity contribution < 1.29 is 63.0 Å². The minimum atomic E-state index is -1.77. The van der Waals surface area contributed by atoms with E-state index in [-0.39, 0.29) is 82.3 Å². The fourth-order valence-electron chi connectivity index (χ4n) is 10.7. The minimum absolute atomic E-state index is 0.0217. The molecular formula is C61H87N17O13. The van der Waals surface area contributed by atoms with Crippen molar-refractivity contribution in [2.24, 2.45) is 28.3 Å². The monoisotopic (exact) mass is 1270 g/mol. The van der Waals surface area contributed by atoms with Crippen molar-refractivity contribution in [3.8, 4) is 5.75 Å². The molecule has 91 heavy (non-hydrogen) atoms. The predicted molar refractivity (Wildman–Crippen MR) is 333 cm³/mol. The Bertz CT molecular complexity index is 3210. The number of aliphatic imine (C=N–C) groups is 1. The number of aliphatic hydroxyl groups is 1. The molecular weight excluding hydrogens is 1180 g/mol. The van der Waals surface area contributed by atoms with E-state index in [9.17, 15) is 63.0 Å². The highest BCUT2D eigenvalue weighted by molar-refractivity contribution is 6.00. The van der Waals surface area contributed by atoms with Gasteiger partial charge in [-0.2, -0.15) is 0 Å². The molecule has 0 spiro atoms. The number of imidazole rings is 1. The summed E-state index contributed by atoms with van der Waals surface area (Å²) in [5, 5.41) is 48.3. The molecule has 494 valence electrons. The molecule has 6 rings (SSSR count). The Labute approximate surface area is 526 Å². The second-order valence-electron chi connectivity index (χ2n) is 22.9. The van der Waals surface area contributed by atoms with Crippen LogP contribution in [0.5, 0.6) is 5.75 Å². The van der Waals surface area contributed by atoms with E-state index in [0.29, 0.717) is 54.3 Å². The lowest BCUT2D eigenvalue weighted by atomic mass is 9.94. The zero-order valence-electron chi connectivity index (χ0n) is 51.9. The molecule has 0 radical (unpaired) electrons. The molecule has 4 heterocycles. The lowest BCUT2D eigenvalue weighted by Gasteiger charge is -2.32. The number of aromatic hydroxyl groups is 1. The first-order chi connectivity index (χ1) is 43.5. The number of phenols is 1.